The molecule has 0 unspecified atom stereocenters. The minimum atomic E-state index is -0.0888. The number of hydrogen-bond donors (Lipinski definition) is 2. The quantitative estimate of drug-likeness (QED) is 0.687. The second kappa shape index (κ2) is 4.81. The number of aliphatic hydroxyl groups excluding tert-OH is 1. The number of carbonyl (C=O) groups excluding carboxylic acids is 1. The lowest BCUT2D eigenvalue weighted by Gasteiger charge is -2.04. The molecule has 0 aromatic carbocycles. The number of aromatic nitrogens is 1. The van der Waals surface area contributed by atoms with Crippen molar-refractivity contribution in [1.82, 2.24) is 9.88 Å². The summed E-state index contributed by atoms with van der Waals surface area (Å²) in [5.41, 5.74) is 1.72. The summed E-state index contributed by atoms with van der Waals surface area (Å²) >= 11 is 0. The van der Waals surface area contributed by atoms with Gasteiger partial charge in [0.05, 0.1) is 0 Å². The Balaban J connectivity index is 2.56. The first-order valence-corrected chi connectivity index (χ1v) is 4.67. The van der Waals surface area contributed by atoms with Crippen LogP contribution in [0.2, 0.25) is 0 Å². The summed E-state index contributed by atoms with van der Waals surface area (Å²) < 4.78 is 1.80. The number of hydrogen-bond acceptors (Lipinski definition) is 2. The smallest absolute Gasteiger partial charge is 0.267 e. The zero-order chi connectivity index (χ0) is 10.6. The Bertz CT molecular complexity index is 318. The van der Waals surface area contributed by atoms with Crippen molar-refractivity contribution in [2.24, 2.45) is 7.05 Å². The lowest BCUT2D eigenvalue weighted by atomic mass is 10.3. The van der Waals surface area contributed by atoms with Crippen LogP contribution in [0.3, 0.4) is 0 Å². The molecular formula is C10H16N2O2. The molecule has 1 amide bonds. The van der Waals surface area contributed by atoms with E-state index in [1.54, 1.807) is 4.57 Å². The Hall–Kier alpha value is -1.29. The maximum Gasteiger partial charge on any atom is 0.267 e. The minimum absolute atomic E-state index is 0.0888. The molecule has 0 bridgehead atoms. The number of rotatable bonds is 4. The van der Waals surface area contributed by atoms with Gasteiger partial charge >= 0.3 is 0 Å². The molecule has 1 aromatic rings. The van der Waals surface area contributed by atoms with Gasteiger partial charge in [0.15, 0.2) is 0 Å². The van der Waals surface area contributed by atoms with Gasteiger partial charge in [-0.3, -0.25) is 4.79 Å². The molecule has 4 heteroatoms. The Morgan fingerprint density at radius 3 is 2.86 bits per heavy atom. The zero-order valence-corrected chi connectivity index (χ0v) is 8.58. The van der Waals surface area contributed by atoms with E-state index in [0.29, 0.717) is 18.7 Å². The van der Waals surface area contributed by atoms with Crippen molar-refractivity contribution in [3.63, 3.8) is 0 Å². The predicted molar refractivity (Wildman–Crippen MR) is 54.2 cm³/mol. The molecule has 1 aromatic heterocycles. The SMILES string of the molecule is Cc1cc(C(=O)NCCCO)n(C)c1. The highest BCUT2D eigenvalue weighted by atomic mass is 16.3. The molecule has 0 saturated heterocycles. The van der Waals surface area contributed by atoms with Gasteiger partial charge < -0.3 is 15.0 Å². The predicted octanol–water partition coefficient (Wildman–Crippen LogP) is 0.446. The molecule has 0 radical (unpaired) electrons. The summed E-state index contributed by atoms with van der Waals surface area (Å²) in [5.74, 6) is -0.0888. The first-order valence-electron chi connectivity index (χ1n) is 4.67. The molecule has 0 aliphatic carbocycles. The van der Waals surface area contributed by atoms with Crippen LogP contribution in [0.15, 0.2) is 12.3 Å². The van der Waals surface area contributed by atoms with E-state index in [2.05, 4.69) is 5.32 Å². The van der Waals surface area contributed by atoms with Gasteiger partial charge in [0.25, 0.3) is 5.91 Å². The van der Waals surface area contributed by atoms with Crippen molar-refractivity contribution in [3.8, 4) is 0 Å². The van der Waals surface area contributed by atoms with Crippen molar-refractivity contribution in [3.05, 3.63) is 23.5 Å². The Morgan fingerprint density at radius 1 is 1.64 bits per heavy atom. The maximum atomic E-state index is 11.5. The van der Waals surface area contributed by atoms with Crippen LogP contribution in [0.4, 0.5) is 0 Å². The number of nitrogens with zero attached hydrogens (tertiary/aromatic N) is 1. The van der Waals surface area contributed by atoms with Crippen LogP contribution in [-0.4, -0.2) is 28.7 Å². The van der Waals surface area contributed by atoms with Gasteiger partial charge in [-0.15, -0.1) is 0 Å². The van der Waals surface area contributed by atoms with Crippen LogP contribution in [0.5, 0.6) is 0 Å². The highest BCUT2D eigenvalue weighted by molar-refractivity contribution is 5.92. The largest absolute Gasteiger partial charge is 0.396 e. The topological polar surface area (TPSA) is 54.3 Å². The Kier molecular flexibility index (Phi) is 3.71. The van der Waals surface area contributed by atoms with Crippen LogP contribution in [0.25, 0.3) is 0 Å². The van der Waals surface area contributed by atoms with Crippen molar-refractivity contribution in [2.45, 2.75) is 13.3 Å². The normalized spacial score (nSPS) is 10.2. The Labute approximate surface area is 83.5 Å². The zero-order valence-electron chi connectivity index (χ0n) is 8.58. The fourth-order valence-electron chi connectivity index (χ4n) is 1.33. The Morgan fingerprint density at radius 2 is 2.36 bits per heavy atom. The maximum absolute atomic E-state index is 11.5. The monoisotopic (exact) mass is 196 g/mol. The van der Waals surface area contributed by atoms with Crippen LogP contribution < -0.4 is 5.32 Å². The fourth-order valence-corrected chi connectivity index (χ4v) is 1.33. The molecule has 0 atom stereocenters. The molecule has 0 spiro atoms. The highest BCUT2D eigenvalue weighted by Gasteiger charge is 2.08. The van der Waals surface area contributed by atoms with E-state index in [1.807, 2.05) is 26.2 Å². The van der Waals surface area contributed by atoms with E-state index in [4.69, 9.17) is 5.11 Å². The van der Waals surface area contributed by atoms with E-state index >= 15 is 0 Å². The number of carbonyl (C=O) groups is 1. The third-order valence-electron chi connectivity index (χ3n) is 1.99. The number of nitrogens with one attached hydrogen (secondary N) is 1. The van der Waals surface area contributed by atoms with Crippen LogP contribution in [0, 0.1) is 6.92 Å². The molecule has 0 aliphatic rings. The van der Waals surface area contributed by atoms with Crippen molar-refractivity contribution < 1.29 is 9.90 Å². The summed E-state index contributed by atoms with van der Waals surface area (Å²) in [6.45, 7) is 2.57. The molecule has 1 rings (SSSR count). The molecule has 1 heterocycles. The average molecular weight is 196 g/mol. The van der Waals surface area contributed by atoms with E-state index in [0.717, 1.165) is 5.56 Å². The molecule has 2 N–H and O–H groups in total. The van der Waals surface area contributed by atoms with E-state index in [9.17, 15) is 4.79 Å². The van der Waals surface area contributed by atoms with E-state index < -0.39 is 0 Å². The molecule has 4 nitrogen and oxygen atoms in total. The van der Waals surface area contributed by atoms with E-state index in [1.165, 1.54) is 0 Å². The third-order valence-corrected chi connectivity index (χ3v) is 1.99. The molecular weight excluding hydrogens is 180 g/mol. The third kappa shape index (κ3) is 2.60. The second-order valence-electron chi connectivity index (χ2n) is 3.35. The number of aliphatic hydroxyl groups is 1. The van der Waals surface area contributed by atoms with Gasteiger partial charge in [0.1, 0.15) is 5.69 Å². The highest BCUT2D eigenvalue weighted by Crippen LogP contribution is 2.05. The lowest BCUT2D eigenvalue weighted by molar-refractivity contribution is 0.0943. The molecule has 0 saturated carbocycles. The first-order chi connectivity index (χ1) is 6.65. The summed E-state index contributed by atoms with van der Waals surface area (Å²) in [4.78, 5) is 11.5. The fraction of sp³-hybridized carbons (Fsp3) is 0.500. The van der Waals surface area contributed by atoms with Gasteiger partial charge in [0, 0.05) is 26.4 Å². The van der Waals surface area contributed by atoms with Crippen LogP contribution >= 0.6 is 0 Å². The minimum Gasteiger partial charge on any atom is -0.396 e. The van der Waals surface area contributed by atoms with E-state index in [-0.39, 0.29) is 12.5 Å². The molecule has 14 heavy (non-hydrogen) atoms. The summed E-state index contributed by atoms with van der Waals surface area (Å²) in [6.07, 6.45) is 2.50. The van der Waals surface area contributed by atoms with Gasteiger partial charge in [-0.2, -0.15) is 0 Å². The number of aryl methyl sites for hydroxylation is 2. The second-order valence-corrected chi connectivity index (χ2v) is 3.35. The van der Waals surface area contributed by atoms with Gasteiger partial charge in [-0.25, -0.2) is 0 Å². The number of amides is 1. The van der Waals surface area contributed by atoms with Crippen LogP contribution in [-0.2, 0) is 7.05 Å². The first kappa shape index (κ1) is 10.8. The van der Waals surface area contributed by atoms with Crippen molar-refractivity contribution in [1.29, 1.82) is 0 Å². The van der Waals surface area contributed by atoms with Crippen LogP contribution in [0.1, 0.15) is 22.5 Å². The van der Waals surface area contributed by atoms with Crippen molar-refractivity contribution in [2.75, 3.05) is 13.2 Å². The van der Waals surface area contributed by atoms with Crippen molar-refractivity contribution >= 4 is 5.91 Å². The summed E-state index contributed by atoms with van der Waals surface area (Å²) in [6, 6.07) is 1.84. The molecule has 78 valence electrons. The summed E-state index contributed by atoms with van der Waals surface area (Å²) in [7, 11) is 1.84. The average Bonchev–Trinajstić information content (AvgIpc) is 2.45. The molecule has 0 fully saturated rings. The standard InChI is InChI=1S/C10H16N2O2/c1-8-6-9(12(2)7-8)10(14)11-4-3-5-13/h6-7,13H,3-5H2,1-2H3,(H,11,14). The van der Waals surface area contributed by atoms with Gasteiger partial charge in [-0.1, -0.05) is 0 Å². The van der Waals surface area contributed by atoms with Gasteiger partial charge in [0.2, 0.25) is 0 Å². The summed E-state index contributed by atoms with van der Waals surface area (Å²) in [5, 5.41) is 11.3. The molecule has 0 aliphatic heterocycles. The lowest BCUT2D eigenvalue weighted by Crippen LogP contribution is -2.26. The van der Waals surface area contributed by atoms with Gasteiger partial charge in [-0.05, 0) is 25.0 Å².